The van der Waals surface area contributed by atoms with E-state index in [1.165, 1.54) is 4.90 Å². The molecule has 18 heavy (non-hydrogen) atoms. The SMILES string of the molecule is C/C=C(\O[Si](C)(C)C(C)(C)C)Sc1ccccc1. The summed E-state index contributed by atoms with van der Waals surface area (Å²) in [7, 11) is -1.73. The van der Waals surface area contributed by atoms with E-state index in [0.29, 0.717) is 0 Å². The van der Waals surface area contributed by atoms with E-state index >= 15 is 0 Å². The number of hydrogen-bond donors (Lipinski definition) is 0. The van der Waals surface area contributed by atoms with Gasteiger partial charge in [-0.05, 0) is 43.3 Å². The summed E-state index contributed by atoms with van der Waals surface area (Å²) in [4.78, 5) is 1.23. The van der Waals surface area contributed by atoms with Crippen molar-refractivity contribution in [3.05, 3.63) is 41.5 Å². The first kappa shape index (κ1) is 15.4. The van der Waals surface area contributed by atoms with Crippen molar-refractivity contribution in [2.75, 3.05) is 0 Å². The number of benzene rings is 1. The highest BCUT2D eigenvalue weighted by atomic mass is 32.2. The highest BCUT2D eigenvalue weighted by Gasteiger charge is 2.39. The molecule has 0 aliphatic heterocycles. The molecule has 1 aromatic carbocycles. The minimum atomic E-state index is -1.73. The zero-order chi connectivity index (χ0) is 13.8. The van der Waals surface area contributed by atoms with Crippen LogP contribution in [0.5, 0.6) is 0 Å². The summed E-state index contributed by atoms with van der Waals surface area (Å²) in [6.07, 6.45) is 2.07. The minimum Gasteiger partial charge on any atom is -0.539 e. The monoisotopic (exact) mass is 280 g/mol. The topological polar surface area (TPSA) is 9.23 Å². The Kier molecular flexibility index (Phi) is 5.11. The smallest absolute Gasteiger partial charge is 0.251 e. The van der Waals surface area contributed by atoms with Gasteiger partial charge in [-0.1, -0.05) is 50.7 Å². The van der Waals surface area contributed by atoms with Crippen LogP contribution in [0.4, 0.5) is 0 Å². The molecule has 0 unspecified atom stereocenters. The molecule has 0 heterocycles. The van der Waals surface area contributed by atoms with Crippen LogP contribution in [-0.2, 0) is 4.43 Å². The zero-order valence-corrected chi connectivity index (χ0v) is 14.1. The second kappa shape index (κ2) is 5.98. The van der Waals surface area contributed by atoms with Crippen molar-refractivity contribution in [3.8, 4) is 0 Å². The van der Waals surface area contributed by atoms with Gasteiger partial charge in [0.1, 0.15) is 5.09 Å². The molecule has 0 amide bonds. The molecule has 0 N–H and O–H groups in total. The average molecular weight is 281 g/mol. The third-order valence-electron chi connectivity index (χ3n) is 3.36. The summed E-state index contributed by atoms with van der Waals surface area (Å²) in [6, 6.07) is 10.4. The molecule has 1 rings (SSSR count). The van der Waals surface area contributed by atoms with Gasteiger partial charge < -0.3 is 4.43 Å². The molecule has 1 aromatic rings. The van der Waals surface area contributed by atoms with Gasteiger partial charge in [0.25, 0.3) is 8.32 Å². The maximum atomic E-state index is 6.32. The summed E-state index contributed by atoms with van der Waals surface area (Å²) in [5.41, 5.74) is 0. The van der Waals surface area contributed by atoms with Crippen molar-refractivity contribution in [2.45, 2.75) is 50.7 Å². The lowest BCUT2D eigenvalue weighted by molar-refractivity contribution is 0.417. The van der Waals surface area contributed by atoms with Crippen molar-refractivity contribution in [3.63, 3.8) is 0 Å². The quantitative estimate of drug-likeness (QED) is 0.400. The van der Waals surface area contributed by atoms with Gasteiger partial charge in [0.2, 0.25) is 0 Å². The second-order valence-corrected chi connectivity index (χ2v) is 11.7. The highest BCUT2D eigenvalue weighted by molar-refractivity contribution is 8.03. The zero-order valence-electron chi connectivity index (χ0n) is 12.3. The summed E-state index contributed by atoms with van der Waals surface area (Å²) in [5, 5.41) is 1.26. The van der Waals surface area contributed by atoms with Gasteiger partial charge in [0.15, 0.2) is 0 Å². The van der Waals surface area contributed by atoms with E-state index in [0.717, 1.165) is 5.09 Å². The van der Waals surface area contributed by atoms with E-state index in [1.54, 1.807) is 11.8 Å². The molecule has 0 spiro atoms. The van der Waals surface area contributed by atoms with Crippen LogP contribution in [0.15, 0.2) is 46.4 Å². The molecule has 0 aliphatic rings. The van der Waals surface area contributed by atoms with E-state index < -0.39 is 8.32 Å². The van der Waals surface area contributed by atoms with E-state index in [-0.39, 0.29) is 5.04 Å². The predicted molar refractivity (Wildman–Crippen MR) is 84.3 cm³/mol. The third kappa shape index (κ3) is 4.21. The van der Waals surface area contributed by atoms with Gasteiger partial charge in [0.05, 0.1) is 0 Å². The fraction of sp³-hybridized carbons (Fsp3) is 0.467. The van der Waals surface area contributed by atoms with E-state index in [4.69, 9.17) is 4.43 Å². The molecule has 0 radical (unpaired) electrons. The molecule has 0 aliphatic carbocycles. The number of rotatable bonds is 4. The van der Waals surface area contributed by atoms with Gasteiger partial charge in [-0.2, -0.15) is 0 Å². The lowest BCUT2D eigenvalue weighted by Crippen LogP contribution is -2.40. The van der Waals surface area contributed by atoms with E-state index in [2.05, 4.69) is 64.2 Å². The van der Waals surface area contributed by atoms with Crippen LogP contribution in [0.2, 0.25) is 18.1 Å². The lowest BCUT2D eigenvalue weighted by Gasteiger charge is -2.37. The summed E-state index contributed by atoms with van der Waals surface area (Å²) in [5.74, 6) is 0. The van der Waals surface area contributed by atoms with Crippen LogP contribution in [0, 0.1) is 0 Å². The van der Waals surface area contributed by atoms with Crippen LogP contribution >= 0.6 is 11.8 Å². The minimum absolute atomic E-state index is 0.235. The Morgan fingerprint density at radius 3 is 2.17 bits per heavy atom. The molecule has 100 valence electrons. The maximum absolute atomic E-state index is 6.32. The highest BCUT2D eigenvalue weighted by Crippen LogP contribution is 2.40. The molecular weight excluding hydrogens is 256 g/mol. The molecular formula is C15H24OSSi. The third-order valence-corrected chi connectivity index (χ3v) is 8.88. The lowest BCUT2D eigenvalue weighted by atomic mass is 10.2. The largest absolute Gasteiger partial charge is 0.539 e. The van der Waals surface area contributed by atoms with Gasteiger partial charge >= 0.3 is 0 Å². The summed E-state index contributed by atoms with van der Waals surface area (Å²) >= 11 is 1.71. The Bertz CT molecular complexity index is 404. The van der Waals surface area contributed by atoms with Crippen LogP contribution in [0.1, 0.15) is 27.7 Å². The van der Waals surface area contributed by atoms with Crippen molar-refractivity contribution >= 4 is 20.1 Å². The predicted octanol–water partition coefficient (Wildman–Crippen LogP) is 5.66. The maximum Gasteiger partial charge on any atom is 0.251 e. The van der Waals surface area contributed by atoms with Crippen molar-refractivity contribution in [1.29, 1.82) is 0 Å². The standard InChI is InChI=1S/C15H24OSSi/c1-7-14(16-18(5,6)15(2,3)4)17-13-11-9-8-10-12-13/h7-12H,1-6H3/b14-7+. The number of allylic oxidation sites excluding steroid dienone is 1. The van der Waals surface area contributed by atoms with Crippen LogP contribution in [-0.4, -0.2) is 8.32 Å². The molecule has 0 fully saturated rings. The van der Waals surface area contributed by atoms with Gasteiger partial charge in [-0.15, -0.1) is 0 Å². The van der Waals surface area contributed by atoms with Crippen LogP contribution in [0.3, 0.4) is 0 Å². The molecule has 0 bridgehead atoms. The van der Waals surface area contributed by atoms with Gasteiger partial charge in [-0.3, -0.25) is 0 Å². The Morgan fingerprint density at radius 2 is 1.72 bits per heavy atom. The molecule has 0 aromatic heterocycles. The fourth-order valence-corrected chi connectivity index (χ4v) is 3.51. The molecule has 0 saturated heterocycles. The molecule has 3 heteroatoms. The first-order chi connectivity index (χ1) is 8.26. The summed E-state index contributed by atoms with van der Waals surface area (Å²) in [6.45, 7) is 13.4. The van der Waals surface area contributed by atoms with Crippen molar-refractivity contribution in [2.24, 2.45) is 0 Å². The van der Waals surface area contributed by atoms with Crippen LogP contribution < -0.4 is 0 Å². The van der Waals surface area contributed by atoms with E-state index in [9.17, 15) is 0 Å². The Hall–Kier alpha value is -0.673. The van der Waals surface area contributed by atoms with Crippen molar-refractivity contribution < 1.29 is 4.43 Å². The molecule has 0 atom stereocenters. The fourth-order valence-electron chi connectivity index (χ4n) is 1.15. The number of thioether (sulfide) groups is 1. The molecule has 1 nitrogen and oxygen atoms in total. The first-order valence-electron chi connectivity index (χ1n) is 6.34. The summed E-state index contributed by atoms with van der Waals surface area (Å²) < 4.78 is 6.32. The first-order valence-corrected chi connectivity index (χ1v) is 10.1. The Balaban J connectivity index is 2.76. The second-order valence-electron chi connectivity index (χ2n) is 5.89. The normalized spacial score (nSPS) is 13.6. The average Bonchev–Trinajstić information content (AvgIpc) is 2.27. The Labute approximate surface area is 117 Å². The van der Waals surface area contributed by atoms with Crippen LogP contribution in [0.25, 0.3) is 0 Å². The Morgan fingerprint density at radius 1 is 1.17 bits per heavy atom. The molecule has 0 saturated carbocycles. The van der Waals surface area contributed by atoms with E-state index in [1.807, 2.05) is 13.0 Å². The van der Waals surface area contributed by atoms with Crippen molar-refractivity contribution in [1.82, 2.24) is 0 Å². The van der Waals surface area contributed by atoms with Gasteiger partial charge in [-0.25, -0.2) is 0 Å². The number of hydrogen-bond acceptors (Lipinski definition) is 2. The van der Waals surface area contributed by atoms with Gasteiger partial charge in [0, 0.05) is 4.90 Å².